The van der Waals surface area contributed by atoms with E-state index in [-0.39, 0.29) is 6.10 Å². The molecule has 0 aliphatic heterocycles. The molecule has 1 aromatic carbocycles. The van der Waals surface area contributed by atoms with Gasteiger partial charge in [0, 0.05) is 14.1 Å². The fraction of sp³-hybridized carbons (Fsp3) is 0.400. The molecule has 0 bridgehead atoms. The maximum absolute atomic E-state index is 5.89. The minimum atomic E-state index is -0.0120. The zero-order chi connectivity index (χ0) is 16.7. The first kappa shape index (κ1) is 17.3. The van der Waals surface area contributed by atoms with Gasteiger partial charge in [-0.15, -0.1) is 0 Å². The summed E-state index contributed by atoms with van der Waals surface area (Å²) in [7, 11) is 3.58. The first-order chi connectivity index (χ1) is 11.1. The highest BCUT2D eigenvalue weighted by molar-refractivity contribution is 9.10. The summed E-state index contributed by atoms with van der Waals surface area (Å²) in [6, 6.07) is 7.79. The lowest BCUT2D eigenvalue weighted by atomic mass is 10.3. The van der Waals surface area contributed by atoms with E-state index in [9.17, 15) is 0 Å². The van der Waals surface area contributed by atoms with E-state index < -0.39 is 0 Å². The first-order valence-corrected chi connectivity index (χ1v) is 8.08. The van der Waals surface area contributed by atoms with Gasteiger partial charge in [-0.05, 0) is 35.0 Å². The van der Waals surface area contributed by atoms with Crippen LogP contribution in [0.1, 0.15) is 12.7 Å². The standard InChI is InChI=1S/C15H21BrN6O/c1-11(23-13-7-5-4-6-12(13)16)8-18-15(17-2)19-9-14-20-10-21-22(14)3/h4-7,10-11H,8-9H2,1-3H3,(H2,17,18,19). The van der Waals surface area contributed by atoms with Crippen LogP contribution in [0.3, 0.4) is 0 Å². The Bertz CT molecular complexity index is 657. The zero-order valence-corrected chi connectivity index (χ0v) is 15.0. The Morgan fingerprint density at radius 1 is 1.39 bits per heavy atom. The van der Waals surface area contributed by atoms with E-state index in [1.54, 1.807) is 11.7 Å². The molecule has 0 amide bonds. The lowest BCUT2D eigenvalue weighted by molar-refractivity contribution is 0.222. The van der Waals surface area contributed by atoms with Gasteiger partial charge >= 0.3 is 0 Å². The Kier molecular flexibility index (Phi) is 6.40. The summed E-state index contributed by atoms with van der Waals surface area (Å²) < 4.78 is 8.55. The van der Waals surface area contributed by atoms with Crippen LogP contribution in [0, 0.1) is 0 Å². The molecule has 0 aliphatic rings. The van der Waals surface area contributed by atoms with Gasteiger partial charge in [0.05, 0.1) is 17.6 Å². The fourth-order valence-corrected chi connectivity index (χ4v) is 2.28. The predicted octanol–water partition coefficient (Wildman–Crippen LogP) is 1.71. The Balaban J connectivity index is 1.79. The zero-order valence-electron chi connectivity index (χ0n) is 13.5. The van der Waals surface area contributed by atoms with E-state index in [0.29, 0.717) is 19.0 Å². The average molecular weight is 381 g/mol. The summed E-state index contributed by atoms with van der Waals surface area (Å²) in [6.07, 6.45) is 1.52. The molecule has 2 aromatic rings. The number of nitrogens with one attached hydrogen (secondary N) is 2. The molecule has 124 valence electrons. The van der Waals surface area contributed by atoms with Crippen LogP contribution in [0.15, 0.2) is 40.1 Å². The van der Waals surface area contributed by atoms with Crippen LogP contribution >= 0.6 is 15.9 Å². The van der Waals surface area contributed by atoms with Crippen molar-refractivity contribution >= 4 is 21.9 Å². The van der Waals surface area contributed by atoms with Crippen molar-refractivity contribution in [2.75, 3.05) is 13.6 Å². The molecule has 1 atom stereocenters. The number of nitrogens with zero attached hydrogens (tertiary/aromatic N) is 4. The van der Waals surface area contributed by atoms with E-state index in [1.807, 2.05) is 38.2 Å². The number of aliphatic imine (C=N–C) groups is 1. The lowest BCUT2D eigenvalue weighted by Crippen LogP contribution is -2.41. The number of hydrogen-bond acceptors (Lipinski definition) is 4. The molecule has 0 spiro atoms. The van der Waals surface area contributed by atoms with Gasteiger partial charge in [0.2, 0.25) is 0 Å². The molecule has 1 heterocycles. The number of para-hydroxylation sites is 1. The van der Waals surface area contributed by atoms with Gasteiger partial charge < -0.3 is 15.4 Å². The molecule has 8 heteroatoms. The molecule has 0 radical (unpaired) electrons. The van der Waals surface area contributed by atoms with E-state index >= 15 is 0 Å². The van der Waals surface area contributed by atoms with Crippen LogP contribution < -0.4 is 15.4 Å². The smallest absolute Gasteiger partial charge is 0.191 e. The Morgan fingerprint density at radius 3 is 2.83 bits per heavy atom. The second-order valence-electron chi connectivity index (χ2n) is 4.97. The topological polar surface area (TPSA) is 76.4 Å². The molecule has 1 unspecified atom stereocenters. The SMILES string of the molecule is CN=C(NCc1ncnn1C)NCC(C)Oc1ccccc1Br. The van der Waals surface area contributed by atoms with E-state index in [2.05, 4.69) is 41.6 Å². The van der Waals surface area contributed by atoms with Crippen LogP contribution in [0.5, 0.6) is 5.75 Å². The van der Waals surface area contributed by atoms with Crippen LogP contribution in [0.25, 0.3) is 0 Å². The van der Waals surface area contributed by atoms with Crippen LogP contribution in [-0.2, 0) is 13.6 Å². The van der Waals surface area contributed by atoms with Gasteiger partial charge in [0.1, 0.15) is 24.0 Å². The summed E-state index contributed by atoms with van der Waals surface area (Å²) in [5, 5.41) is 10.5. The van der Waals surface area contributed by atoms with Gasteiger partial charge in [0.25, 0.3) is 0 Å². The third-order valence-electron chi connectivity index (χ3n) is 3.16. The van der Waals surface area contributed by atoms with Crippen molar-refractivity contribution in [3.63, 3.8) is 0 Å². The minimum Gasteiger partial charge on any atom is -0.488 e. The van der Waals surface area contributed by atoms with Gasteiger partial charge in [-0.2, -0.15) is 5.10 Å². The molecule has 0 saturated carbocycles. The molecule has 2 rings (SSSR count). The molecule has 2 N–H and O–H groups in total. The number of aryl methyl sites for hydroxylation is 1. The number of guanidine groups is 1. The minimum absolute atomic E-state index is 0.0120. The highest BCUT2D eigenvalue weighted by atomic mass is 79.9. The van der Waals surface area contributed by atoms with Crippen molar-refractivity contribution in [3.05, 3.63) is 40.9 Å². The summed E-state index contributed by atoms with van der Waals surface area (Å²) in [4.78, 5) is 8.35. The third kappa shape index (κ3) is 5.24. The number of benzene rings is 1. The van der Waals surface area contributed by atoms with Crippen molar-refractivity contribution in [3.8, 4) is 5.75 Å². The molecule has 0 aliphatic carbocycles. The van der Waals surface area contributed by atoms with Gasteiger partial charge in [-0.3, -0.25) is 9.67 Å². The van der Waals surface area contributed by atoms with Gasteiger partial charge in [-0.25, -0.2) is 4.98 Å². The maximum atomic E-state index is 5.89. The van der Waals surface area contributed by atoms with Gasteiger partial charge in [-0.1, -0.05) is 12.1 Å². The quantitative estimate of drug-likeness (QED) is 0.589. The lowest BCUT2D eigenvalue weighted by Gasteiger charge is -2.18. The molecule has 23 heavy (non-hydrogen) atoms. The Morgan fingerprint density at radius 2 is 2.17 bits per heavy atom. The molecular formula is C15H21BrN6O. The molecule has 0 saturated heterocycles. The molecule has 1 aromatic heterocycles. The van der Waals surface area contributed by atoms with Crippen LogP contribution in [0.4, 0.5) is 0 Å². The first-order valence-electron chi connectivity index (χ1n) is 7.28. The normalized spacial score (nSPS) is 12.8. The summed E-state index contributed by atoms with van der Waals surface area (Å²) in [5.41, 5.74) is 0. The largest absolute Gasteiger partial charge is 0.488 e. The highest BCUT2D eigenvalue weighted by Gasteiger charge is 2.08. The molecular weight excluding hydrogens is 360 g/mol. The summed E-state index contributed by atoms with van der Waals surface area (Å²) in [5.74, 6) is 2.35. The Labute approximate surface area is 144 Å². The van der Waals surface area contributed by atoms with Crippen molar-refractivity contribution in [1.82, 2.24) is 25.4 Å². The number of aromatic nitrogens is 3. The van der Waals surface area contributed by atoms with Crippen molar-refractivity contribution < 1.29 is 4.74 Å². The average Bonchev–Trinajstić information content (AvgIpc) is 2.95. The Hall–Kier alpha value is -2.09. The van der Waals surface area contributed by atoms with Crippen LogP contribution in [-0.4, -0.2) is 40.4 Å². The summed E-state index contributed by atoms with van der Waals surface area (Å²) >= 11 is 3.48. The third-order valence-corrected chi connectivity index (χ3v) is 3.82. The van der Waals surface area contributed by atoms with Crippen molar-refractivity contribution in [1.29, 1.82) is 0 Å². The predicted molar refractivity (Wildman–Crippen MR) is 93.4 cm³/mol. The monoisotopic (exact) mass is 380 g/mol. The summed E-state index contributed by atoms with van der Waals surface area (Å²) in [6.45, 7) is 3.18. The molecule has 0 fully saturated rings. The van der Waals surface area contributed by atoms with Crippen LogP contribution in [0.2, 0.25) is 0 Å². The van der Waals surface area contributed by atoms with Gasteiger partial charge in [0.15, 0.2) is 5.96 Å². The van der Waals surface area contributed by atoms with Crippen molar-refractivity contribution in [2.45, 2.75) is 19.6 Å². The second-order valence-corrected chi connectivity index (χ2v) is 5.82. The van der Waals surface area contributed by atoms with E-state index in [4.69, 9.17) is 4.74 Å². The molecule has 7 nitrogen and oxygen atoms in total. The van der Waals surface area contributed by atoms with E-state index in [0.717, 1.165) is 16.0 Å². The second kappa shape index (κ2) is 8.52. The number of ether oxygens (including phenoxy) is 1. The van der Waals surface area contributed by atoms with Crippen molar-refractivity contribution in [2.24, 2.45) is 12.0 Å². The number of rotatable bonds is 6. The number of hydrogen-bond donors (Lipinski definition) is 2. The number of halogens is 1. The maximum Gasteiger partial charge on any atom is 0.191 e. The highest BCUT2D eigenvalue weighted by Crippen LogP contribution is 2.24. The fourth-order valence-electron chi connectivity index (χ4n) is 1.90. The van der Waals surface area contributed by atoms with E-state index in [1.165, 1.54) is 6.33 Å².